The van der Waals surface area contributed by atoms with Gasteiger partial charge in [-0.2, -0.15) is 0 Å². The first-order valence-electron chi connectivity index (χ1n) is 6.58. The highest BCUT2D eigenvalue weighted by Crippen LogP contribution is 2.21. The summed E-state index contributed by atoms with van der Waals surface area (Å²) in [6, 6.07) is 5.49. The maximum Gasteiger partial charge on any atom is 0.163 e. The van der Waals surface area contributed by atoms with Gasteiger partial charge in [-0.25, -0.2) is 0 Å². The molecule has 0 radical (unpaired) electrons. The van der Waals surface area contributed by atoms with E-state index in [9.17, 15) is 4.79 Å². The molecule has 0 aliphatic carbocycles. The van der Waals surface area contributed by atoms with Crippen molar-refractivity contribution in [3.63, 3.8) is 0 Å². The minimum absolute atomic E-state index is 0.188. The second-order valence-electron chi connectivity index (χ2n) is 4.91. The van der Waals surface area contributed by atoms with Gasteiger partial charge < -0.3 is 4.74 Å². The molecule has 1 atom stereocenters. The van der Waals surface area contributed by atoms with E-state index in [0.717, 1.165) is 43.4 Å². The smallest absolute Gasteiger partial charge is 0.163 e. The van der Waals surface area contributed by atoms with E-state index in [0.29, 0.717) is 17.5 Å². The maximum absolute atomic E-state index is 12.1. The Morgan fingerprint density at radius 2 is 2.33 bits per heavy atom. The molecule has 1 aliphatic rings. The zero-order valence-corrected chi connectivity index (χ0v) is 11.5. The van der Waals surface area contributed by atoms with E-state index < -0.39 is 0 Å². The number of ketones is 1. The number of carbonyl (C=O) groups excluding carboxylic acids is 1. The number of hydrogen-bond acceptors (Lipinski definition) is 2. The third kappa shape index (κ3) is 3.56. The number of Topliss-reactive ketones (excluding diaryl/α,β-unsaturated/α-hetero) is 1. The Morgan fingerprint density at radius 3 is 3.06 bits per heavy atom. The van der Waals surface area contributed by atoms with Gasteiger partial charge in [0.25, 0.3) is 0 Å². The van der Waals surface area contributed by atoms with Crippen LogP contribution >= 0.6 is 11.6 Å². The third-order valence-electron chi connectivity index (χ3n) is 3.45. The van der Waals surface area contributed by atoms with Crippen LogP contribution in [0.2, 0.25) is 5.02 Å². The van der Waals surface area contributed by atoms with E-state index in [1.165, 1.54) is 0 Å². The molecule has 18 heavy (non-hydrogen) atoms. The van der Waals surface area contributed by atoms with Crippen molar-refractivity contribution in [3.8, 4) is 0 Å². The standard InChI is InChI=1S/C15H19ClO2/c1-11-7-8-12(16)10-14(11)15(17)6-2-4-13-5-3-9-18-13/h7-8,10,13H,2-6,9H2,1H3. The van der Waals surface area contributed by atoms with Crippen LogP contribution in [0.25, 0.3) is 0 Å². The van der Waals surface area contributed by atoms with Crippen molar-refractivity contribution in [2.45, 2.75) is 45.1 Å². The van der Waals surface area contributed by atoms with Gasteiger partial charge in [-0.1, -0.05) is 17.7 Å². The molecule has 1 aromatic rings. The predicted molar refractivity (Wildman–Crippen MR) is 73.3 cm³/mol. The zero-order chi connectivity index (χ0) is 13.0. The highest BCUT2D eigenvalue weighted by atomic mass is 35.5. The molecule has 2 rings (SSSR count). The van der Waals surface area contributed by atoms with E-state index in [1.807, 2.05) is 19.1 Å². The number of rotatable bonds is 5. The second-order valence-corrected chi connectivity index (χ2v) is 5.35. The van der Waals surface area contributed by atoms with Crippen molar-refractivity contribution in [1.29, 1.82) is 0 Å². The normalized spacial score (nSPS) is 19.1. The van der Waals surface area contributed by atoms with E-state index in [-0.39, 0.29) is 5.78 Å². The molecule has 0 bridgehead atoms. The molecule has 0 saturated carbocycles. The lowest BCUT2D eigenvalue weighted by molar-refractivity contribution is 0.0922. The van der Waals surface area contributed by atoms with E-state index in [1.54, 1.807) is 6.07 Å². The molecule has 0 N–H and O–H groups in total. The van der Waals surface area contributed by atoms with Gasteiger partial charge in [0.15, 0.2) is 5.78 Å². The molecule has 98 valence electrons. The molecule has 0 amide bonds. The zero-order valence-electron chi connectivity index (χ0n) is 10.7. The third-order valence-corrected chi connectivity index (χ3v) is 3.69. The van der Waals surface area contributed by atoms with Crippen molar-refractivity contribution >= 4 is 17.4 Å². The van der Waals surface area contributed by atoms with E-state index in [4.69, 9.17) is 16.3 Å². The lowest BCUT2D eigenvalue weighted by Gasteiger charge is -2.09. The van der Waals surface area contributed by atoms with Crippen molar-refractivity contribution in [3.05, 3.63) is 34.3 Å². The van der Waals surface area contributed by atoms with Gasteiger partial charge in [0, 0.05) is 23.6 Å². The average Bonchev–Trinajstić information content (AvgIpc) is 2.85. The lowest BCUT2D eigenvalue weighted by atomic mass is 9.99. The van der Waals surface area contributed by atoms with E-state index >= 15 is 0 Å². The SMILES string of the molecule is Cc1ccc(Cl)cc1C(=O)CCCC1CCCO1. The molecule has 1 saturated heterocycles. The summed E-state index contributed by atoms with van der Waals surface area (Å²) < 4.78 is 5.55. The lowest BCUT2D eigenvalue weighted by Crippen LogP contribution is -2.07. The predicted octanol–water partition coefficient (Wildman–Crippen LogP) is 4.18. The molecule has 1 unspecified atom stereocenters. The van der Waals surface area contributed by atoms with Crippen molar-refractivity contribution < 1.29 is 9.53 Å². The highest BCUT2D eigenvalue weighted by molar-refractivity contribution is 6.31. The van der Waals surface area contributed by atoms with Crippen molar-refractivity contribution in [2.75, 3.05) is 6.61 Å². The highest BCUT2D eigenvalue weighted by Gasteiger charge is 2.16. The second kappa shape index (κ2) is 6.35. The van der Waals surface area contributed by atoms with Gasteiger partial charge in [0.1, 0.15) is 0 Å². The molecule has 1 aromatic carbocycles. The summed E-state index contributed by atoms with van der Waals surface area (Å²) in [6.45, 7) is 2.83. The van der Waals surface area contributed by atoms with E-state index in [2.05, 4.69) is 0 Å². The Bertz CT molecular complexity index is 423. The van der Waals surface area contributed by atoms with Crippen LogP contribution in [0, 0.1) is 6.92 Å². The summed E-state index contributed by atoms with van der Waals surface area (Å²) in [4.78, 5) is 12.1. The topological polar surface area (TPSA) is 26.3 Å². The molecule has 2 nitrogen and oxygen atoms in total. The number of aryl methyl sites for hydroxylation is 1. The number of ether oxygens (including phenoxy) is 1. The number of hydrogen-bond donors (Lipinski definition) is 0. The summed E-state index contributed by atoms with van der Waals surface area (Å²) in [5.74, 6) is 0.188. The fourth-order valence-electron chi connectivity index (χ4n) is 2.39. The van der Waals surface area contributed by atoms with Gasteiger partial charge >= 0.3 is 0 Å². The fraction of sp³-hybridized carbons (Fsp3) is 0.533. The maximum atomic E-state index is 12.1. The Hall–Kier alpha value is -0.860. The molecular weight excluding hydrogens is 248 g/mol. The molecule has 1 heterocycles. The van der Waals surface area contributed by atoms with Crippen molar-refractivity contribution in [2.24, 2.45) is 0 Å². The molecular formula is C15H19ClO2. The summed E-state index contributed by atoms with van der Waals surface area (Å²) in [6.07, 6.45) is 5.15. The molecule has 3 heteroatoms. The summed E-state index contributed by atoms with van der Waals surface area (Å²) in [7, 11) is 0. The minimum atomic E-state index is 0.188. The van der Waals surface area contributed by atoms with Gasteiger partial charge in [-0.05, 0) is 50.3 Å². The fourth-order valence-corrected chi connectivity index (χ4v) is 2.56. The minimum Gasteiger partial charge on any atom is -0.378 e. The Kier molecular flexibility index (Phi) is 4.79. The summed E-state index contributed by atoms with van der Waals surface area (Å²) >= 11 is 5.93. The van der Waals surface area contributed by atoms with Gasteiger partial charge in [-0.3, -0.25) is 4.79 Å². The Morgan fingerprint density at radius 1 is 1.50 bits per heavy atom. The first-order valence-corrected chi connectivity index (χ1v) is 6.95. The van der Waals surface area contributed by atoms with Crippen LogP contribution < -0.4 is 0 Å². The summed E-state index contributed by atoms with van der Waals surface area (Å²) in [5, 5.41) is 0.628. The first kappa shape index (κ1) is 13.6. The molecule has 1 aliphatic heterocycles. The van der Waals surface area contributed by atoms with Crippen LogP contribution in [0.3, 0.4) is 0 Å². The van der Waals surface area contributed by atoms with Gasteiger partial charge in [0.2, 0.25) is 0 Å². The first-order chi connectivity index (χ1) is 8.66. The average molecular weight is 267 g/mol. The monoisotopic (exact) mass is 266 g/mol. The molecule has 1 fully saturated rings. The number of benzene rings is 1. The van der Waals surface area contributed by atoms with Crippen molar-refractivity contribution in [1.82, 2.24) is 0 Å². The quantitative estimate of drug-likeness (QED) is 0.748. The van der Waals surface area contributed by atoms with Crippen LogP contribution in [0.1, 0.15) is 48.0 Å². The van der Waals surface area contributed by atoms with Gasteiger partial charge in [0.05, 0.1) is 6.10 Å². The number of carbonyl (C=O) groups is 1. The van der Waals surface area contributed by atoms with Crippen LogP contribution in [-0.2, 0) is 4.74 Å². The van der Waals surface area contributed by atoms with Crippen LogP contribution in [0.5, 0.6) is 0 Å². The van der Waals surface area contributed by atoms with Crippen LogP contribution in [0.15, 0.2) is 18.2 Å². The molecule has 0 aromatic heterocycles. The van der Waals surface area contributed by atoms with Crippen LogP contribution in [0.4, 0.5) is 0 Å². The van der Waals surface area contributed by atoms with Crippen LogP contribution in [-0.4, -0.2) is 18.5 Å². The van der Waals surface area contributed by atoms with Gasteiger partial charge in [-0.15, -0.1) is 0 Å². The Labute approximate surface area is 113 Å². The Balaban J connectivity index is 1.85. The summed E-state index contributed by atoms with van der Waals surface area (Å²) in [5.41, 5.74) is 1.76. The number of halogens is 1. The molecule has 0 spiro atoms. The largest absolute Gasteiger partial charge is 0.378 e.